The summed E-state index contributed by atoms with van der Waals surface area (Å²) in [7, 11) is 0. The highest BCUT2D eigenvalue weighted by molar-refractivity contribution is 6.33. The number of aromatic nitrogens is 5. The Morgan fingerprint density at radius 2 is 1.95 bits per heavy atom. The monoisotopic (exact) mass is 303 g/mol. The number of carboxylic acids is 1. The maximum absolute atomic E-state index is 11.2. The minimum atomic E-state index is -1.07. The summed E-state index contributed by atoms with van der Waals surface area (Å²) in [5, 5.41) is 25.5. The van der Waals surface area contributed by atoms with Crippen LogP contribution < -0.4 is 0 Å². The highest BCUT2D eigenvalue weighted by Crippen LogP contribution is 2.25. The molecular formula is C13H10ClN5O2. The van der Waals surface area contributed by atoms with Gasteiger partial charge in [0.1, 0.15) is 0 Å². The molecule has 0 unspecified atom stereocenters. The predicted molar refractivity (Wildman–Crippen MR) is 75.5 cm³/mol. The molecule has 106 valence electrons. The third-order valence-electron chi connectivity index (χ3n) is 3.05. The summed E-state index contributed by atoms with van der Waals surface area (Å²) >= 11 is 6.06. The first-order valence-electron chi connectivity index (χ1n) is 6.06. The Kier molecular flexibility index (Phi) is 3.06. The molecule has 3 aromatic rings. The molecule has 1 N–H and O–H groups in total. The fourth-order valence-electron chi connectivity index (χ4n) is 2.03. The van der Waals surface area contributed by atoms with Crippen LogP contribution in [-0.4, -0.2) is 35.9 Å². The Labute approximate surface area is 124 Å². The Hall–Kier alpha value is -2.54. The van der Waals surface area contributed by atoms with Crippen LogP contribution in [0.15, 0.2) is 18.3 Å². The lowest BCUT2D eigenvalue weighted by atomic mass is 10.2. The van der Waals surface area contributed by atoms with Gasteiger partial charge in [0.2, 0.25) is 0 Å². The predicted octanol–water partition coefficient (Wildman–Crippen LogP) is 2.15. The molecule has 0 saturated carbocycles. The second-order valence-corrected chi connectivity index (χ2v) is 4.99. The van der Waals surface area contributed by atoms with Crippen molar-refractivity contribution in [3.63, 3.8) is 0 Å². The van der Waals surface area contributed by atoms with E-state index in [0.29, 0.717) is 17.2 Å². The normalized spacial score (nSPS) is 11.0. The topological polar surface area (TPSA) is 93.3 Å². The van der Waals surface area contributed by atoms with E-state index in [1.165, 1.54) is 12.3 Å². The van der Waals surface area contributed by atoms with Crippen molar-refractivity contribution in [1.82, 2.24) is 24.8 Å². The van der Waals surface area contributed by atoms with Gasteiger partial charge in [-0.2, -0.15) is 10.2 Å². The molecule has 0 amide bonds. The van der Waals surface area contributed by atoms with Crippen LogP contribution in [0.25, 0.3) is 17.0 Å². The van der Waals surface area contributed by atoms with Crippen molar-refractivity contribution >= 4 is 23.2 Å². The molecule has 0 spiro atoms. The molecule has 0 aliphatic rings. The van der Waals surface area contributed by atoms with Gasteiger partial charge in [0.05, 0.1) is 22.0 Å². The Balaban J connectivity index is 2.33. The van der Waals surface area contributed by atoms with Crippen molar-refractivity contribution in [3.05, 3.63) is 40.3 Å². The first-order chi connectivity index (χ1) is 9.97. The van der Waals surface area contributed by atoms with Crippen LogP contribution in [-0.2, 0) is 0 Å². The third kappa shape index (κ3) is 2.21. The summed E-state index contributed by atoms with van der Waals surface area (Å²) in [5.41, 5.74) is 2.59. The van der Waals surface area contributed by atoms with E-state index in [1.54, 1.807) is 11.3 Å². The van der Waals surface area contributed by atoms with Gasteiger partial charge in [0.15, 0.2) is 11.5 Å². The van der Waals surface area contributed by atoms with Crippen LogP contribution in [0.5, 0.6) is 0 Å². The lowest BCUT2D eigenvalue weighted by Crippen LogP contribution is -2.02. The standard InChI is InChI=1S/C13H10ClN5O2/c1-6-3-9(7(2)16-15-6)11-17-18-12-10(14)4-8(13(20)21)5-19(11)12/h3-5H,1-2H3,(H,20,21). The zero-order valence-corrected chi connectivity index (χ0v) is 12.0. The Morgan fingerprint density at radius 1 is 1.19 bits per heavy atom. The number of carboxylic acid groups (broad SMARTS) is 1. The van der Waals surface area contributed by atoms with E-state index in [2.05, 4.69) is 20.4 Å². The molecule has 8 heteroatoms. The lowest BCUT2D eigenvalue weighted by Gasteiger charge is -2.05. The van der Waals surface area contributed by atoms with Gasteiger partial charge in [-0.1, -0.05) is 11.6 Å². The first-order valence-corrected chi connectivity index (χ1v) is 6.44. The SMILES string of the molecule is Cc1cc(-c2nnc3c(Cl)cc(C(=O)O)cn23)c(C)nn1. The molecule has 0 aliphatic heterocycles. The summed E-state index contributed by atoms with van der Waals surface area (Å²) in [6, 6.07) is 3.17. The molecule has 3 heterocycles. The van der Waals surface area contributed by atoms with Crippen molar-refractivity contribution in [3.8, 4) is 11.4 Å². The maximum Gasteiger partial charge on any atom is 0.337 e. The van der Waals surface area contributed by atoms with Crippen molar-refractivity contribution in [1.29, 1.82) is 0 Å². The molecule has 21 heavy (non-hydrogen) atoms. The number of rotatable bonds is 2. The summed E-state index contributed by atoms with van der Waals surface area (Å²) in [5.74, 6) is -0.593. The van der Waals surface area contributed by atoms with Gasteiger partial charge in [-0.15, -0.1) is 10.2 Å². The van der Waals surface area contributed by atoms with Crippen LogP contribution in [0.2, 0.25) is 5.02 Å². The third-order valence-corrected chi connectivity index (χ3v) is 3.33. The van der Waals surface area contributed by atoms with Gasteiger partial charge in [0, 0.05) is 11.8 Å². The average Bonchev–Trinajstić information content (AvgIpc) is 2.85. The summed E-state index contributed by atoms with van der Waals surface area (Å²) in [6.07, 6.45) is 1.44. The number of pyridine rings is 1. The largest absolute Gasteiger partial charge is 0.478 e. The van der Waals surface area contributed by atoms with Gasteiger partial charge in [0.25, 0.3) is 0 Å². The van der Waals surface area contributed by atoms with E-state index in [0.717, 1.165) is 11.3 Å². The second-order valence-electron chi connectivity index (χ2n) is 4.58. The highest BCUT2D eigenvalue weighted by atomic mass is 35.5. The Morgan fingerprint density at radius 3 is 2.67 bits per heavy atom. The van der Waals surface area contributed by atoms with Crippen LogP contribution in [0.1, 0.15) is 21.7 Å². The zero-order chi connectivity index (χ0) is 15.1. The number of fused-ring (bicyclic) bond motifs is 1. The van der Waals surface area contributed by atoms with E-state index in [-0.39, 0.29) is 10.6 Å². The Bertz CT molecular complexity index is 874. The molecule has 0 saturated heterocycles. The van der Waals surface area contributed by atoms with E-state index in [9.17, 15) is 4.79 Å². The molecule has 7 nitrogen and oxygen atoms in total. The number of aryl methyl sites for hydroxylation is 2. The molecule has 0 aliphatic carbocycles. The van der Waals surface area contributed by atoms with Gasteiger partial charge in [-0.3, -0.25) is 4.40 Å². The van der Waals surface area contributed by atoms with Crippen molar-refractivity contribution in [2.24, 2.45) is 0 Å². The second kappa shape index (κ2) is 4.78. The molecule has 0 radical (unpaired) electrons. The first kappa shape index (κ1) is 13.4. The lowest BCUT2D eigenvalue weighted by molar-refractivity contribution is 0.0696. The van der Waals surface area contributed by atoms with E-state index < -0.39 is 5.97 Å². The summed E-state index contributed by atoms with van der Waals surface area (Å²) in [4.78, 5) is 11.2. The molecule has 0 fully saturated rings. The smallest absolute Gasteiger partial charge is 0.337 e. The molecule has 0 bridgehead atoms. The molecular weight excluding hydrogens is 294 g/mol. The van der Waals surface area contributed by atoms with E-state index in [4.69, 9.17) is 16.7 Å². The summed E-state index contributed by atoms with van der Waals surface area (Å²) in [6.45, 7) is 3.61. The fourth-order valence-corrected chi connectivity index (χ4v) is 2.28. The van der Waals surface area contributed by atoms with Gasteiger partial charge >= 0.3 is 5.97 Å². The quantitative estimate of drug-likeness (QED) is 0.779. The van der Waals surface area contributed by atoms with Crippen molar-refractivity contribution in [2.75, 3.05) is 0 Å². The van der Waals surface area contributed by atoms with Crippen LogP contribution in [0.4, 0.5) is 0 Å². The number of halogens is 1. The maximum atomic E-state index is 11.2. The highest BCUT2D eigenvalue weighted by Gasteiger charge is 2.16. The van der Waals surface area contributed by atoms with Crippen LogP contribution in [0, 0.1) is 13.8 Å². The number of nitrogens with zero attached hydrogens (tertiary/aromatic N) is 5. The number of carbonyl (C=O) groups is 1. The van der Waals surface area contributed by atoms with Crippen LogP contribution >= 0.6 is 11.6 Å². The van der Waals surface area contributed by atoms with Gasteiger partial charge in [-0.25, -0.2) is 4.79 Å². The number of hydrogen-bond donors (Lipinski definition) is 1. The van der Waals surface area contributed by atoms with Crippen molar-refractivity contribution < 1.29 is 9.90 Å². The molecule has 0 atom stereocenters. The van der Waals surface area contributed by atoms with Crippen LogP contribution in [0.3, 0.4) is 0 Å². The zero-order valence-electron chi connectivity index (χ0n) is 11.2. The molecule has 3 aromatic heterocycles. The van der Waals surface area contributed by atoms with E-state index in [1.807, 2.05) is 13.0 Å². The minimum Gasteiger partial charge on any atom is -0.478 e. The molecule has 3 rings (SSSR count). The minimum absolute atomic E-state index is 0.0601. The van der Waals surface area contributed by atoms with E-state index >= 15 is 0 Å². The van der Waals surface area contributed by atoms with Crippen molar-refractivity contribution in [2.45, 2.75) is 13.8 Å². The summed E-state index contributed by atoms with van der Waals surface area (Å²) < 4.78 is 1.55. The molecule has 0 aromatic carbocycles. The van der Waals surface area contributed by atoms with Gasteiger partial charge in [-0.05, 0) is 26.0 Å². The number of hydrogen-bond acceptors (Lipinski definition) is 5. The number of aromatic carboxylic acids is 1. The van der Waals surface area contributed by atoms with Gasteiger partial charge < -0.3 is 5.11 Å². The fraction of sp³-hybridized carbons (Fsp3) is 0.154. The average molecular weight is 304 g/mol.